The molecule has 2 aliphatic rings. The molecule has 0 amide bonds. The van der Waals surface area contributed by atoms with Gasteiger partial charge in [0, 0.05) is 21.8 Å². The molecule has 108 valence electrons. The second-order valence-electron chi connectivity index (χ2n) is 5.83. The molecule has 0 saturated carbocycles. The zero-order chi connectivity index (χ0) is 14.7. The van der Waals surface area contributed by atoms with Crippen molar-refractivity contribution in [3.63, 3.8) is 0 Å². The lowest BCUT2D eigenvalue weighted by molar-refractivity contribution is 0.302. The van der Waals surface area contributed by atoms with E-state index in [2.05, 4.69) is 28.2 Å². The van der Waals surface area contributed by atoms with E-state index in [9.17, 15) is 0 Å². The van der Waals surface area contributed by atoms with Crippen LogP contribution in [0.5, 0.6) is 5.75 Å². The Bertz CT molecular complexity index is 913. The normalized spacial score (nSPS) is 14.4. The number of hydrogen-bond acceptors (Lipinski definition) is 2. The van der Waals surface area contributed by atoms with Gasteiger partial charge in [-0.25, -0.2) is 4.98 Å². The molecule has 0 atom stereocenters. The highest BCUT2D eigenvalue weighted by atomic mass is 35.5. The molecule has 0 spiro atoms. The van der Waals surface area contributed by atoms with Crippen molar-refractivity contribution in [1.29, 1.82) is 0 Å². The molecule has 3 nitrogen and oxygen atoms in total. The van der Waals surface area contributed by atoms with Gasteiger partial charge >= 0.3 is 0 Å². The van der Waals surface area contributed by atoms with E-state index in [1.807, 2.05) is 12.1 Å². The van der Waals surface area contributed by atoms with E-state index in [0.717, 1.165) is 40.4 Å². The van der Waals surface area contributed by atoms with Crippen LogP contribution in [0.3, 0.4) is 0 Å². The van der Waals surface area contributed by atoms with Crippen molar-refractivity contribution < 1.29 is 4.74 Å². The largest absolute Gasteiger partial charge is 0.488 e. The summed E-state index contributed by atoms with van der Waals surface area (Å²) in [7, 11) is 0. The van der Waals surface area contributed by atoms with E-state index in [0.29, 0.717) is 6.61 Å². The number of rotatable bonds is 0. The first-order valence-corrected chi connectivity index (χ1v) is 7.78. The molecule has 1 aromatic heterocycles. The van der Waals surface area contributed by atoms with Crippen molar-refractivity contribution >= 4 is 11.6 Å². The third-order valence-corrected chi connectivity index (χ3v) is 4.80. The predicted molar refractivity (Wildman–Crippen MR) is 86.2 cm³/mol. The lowest BCUT2D eigenvalue weighted by Crippen LogP contribution is -2.09. The van der Waals surface area contributed by atoms with Crippen LogP contribution in [0.25, 0.3) is 22.4 Å². The van der Waals surface area contributed by atoms with E-state index in [1.165, 1.54) is 22.4 Å². The topological polar surface area (TPSA) is 37.9 Å². The lowest BCUT2D eigenvalue weighted by atomic mass is 9.87. The second-order valence-corrected chi connectivity index (χ2v) is 6.26. The van der Waals surface area contributed by atoms with Crippen LogP contribution < -0.4 is 4.74 Å². The zero-order valence-electron chi connectivity index (χ0n) is 11.8. The van der Waals surface area contributed by atoms with E-state index in [4.69, 9.17) is 16.3 Å². The molecule has 22 heavy (non-hydrogen) atoms. The van der Waals surface area contributed by atoms with Crippen LogP contribution in [0.2, 0.25) is 5.02 Å². The number of hydrogen-bond donors (Lipinski definition) is 1. The summed E-state index contributed by atoms with van der Waals surface area (Å²) in [5.41, 5.74) is 8.35. The summed E-state index contributed by atoms with van der Waals surface area (Å²) in [6, 6.07) is 10.4. The Hall–Kier alpha value is -2.26. The molecule has 5 rings (SSSR count). The fraction of sp³-hybridized carbons (Fsp3) is 0.167. The van der Waals surface area contributed by atoms with E-state index < -0.39 is 0 Å². The van der Waals surface area contributed by atoms with Gasteiger partial charge in [-0.15, -0.1) is 0 Å². The number of ether oxygens (including phenoxy) is 1. The van der Waals surface area contributed by atoms with Gasteiger partial charge in [0.2, 0.25) is 0 Å². The molecule has 1 aliphatic heterocycles. The minimum Gasteiger partial charge on any atom is -0.488 e. The van der Waals surface area contributed by atoms with Gasteiger partial charge in [0.25, 0.3) is 0 Å². The first-order valence-electron chi connectivity index (χ1n) is 7.41. The Morgan fingerprint density at radius 3 is 2.91 bits per heavy atom. The van der Waals surface area contributed by atoms with Crippen LogP contribution in [0, 0.1) is 0 Å². The van der Waals surface area contributed by atoms with Gasteiger partial charge in [0.1, 0.15) is 12.4 Å². The number of benzene rings is 2. The van der Waals surface area contributed by atoms with Gasteiger partial charge < -0.3 is 9.72 Å². The molecule has 1 aliphatic carbocycles. The van der Waals surface area contributed by atoms with Crippen molar-refractivity contribution in [1.82, 2.24) is 9.97 Å². The third-order valence-electron chi connectivity index (χ3n) is 4.56. The van der Waals surface area contributed by atoms with Gasteiger partial charge in [-0.05, 0) is 53.8 Å². The first-order chi connectivity index (χ1) is 10.8. The Labute approximate surface area is 132 Å². The van der Waals surface area contributed by atoms with Gasteiger partial charge in [-0.1, -0.05) is 17.7 Å². The maximum Gasteiger partial charge on any atom is 0.128 e. The SMILES string of the molecule is Clc1ccc2c(c1)COc1cc3c(cc1-2)CCc1[nH]cnc1-3. The average molecular weight is 309 g/mol. The van der Waals surface area contributed by atoms with Crippen LogP contribution in [-0.2, 0) is 19.4 Å². The minimum atomic E-state index is 0.565. The molecule has 0 radical (unpaired) electrons. The molecule has 1 N–H and O–H groups in total. The number of aromatic amines is 1. The number of H-pyrrole nitrogens is 1. The van der Waals surface area contributed by atoms with Crippen molar-refractivity contribution in [3.05, 3.63) is 58.5 Å². The van der Waals surface area contributed by atoms with Crippen molar-refractivity contribution in [3.8, 4) is 28.1 Å². The molecular formula is C18H13ClN2O. The zero-order valence-corrected chi connectivity index (χ0v) is 12.6. The van der Waals surface area contributed by atoms with Gasteiger partial charge in [0.05, 0.1) is 12.0 Å². The number of aryl methyl sites for hydroxylation is 2. The molecule has 3 aromatic rings. The lowest BCUT2D eigenvalue weighted by Gasteiger charge is -2.24. The number of imidazole rings is 1. The fourth-order valence-corrected chi connectivity index (χ4v) is 3.68. The van der Waals surface area contributed by atoms with E-state index >= 15 is 0 Å². The molecule has 4 heteroatoms. The maximum atomic E-state index is 6.10. The highest BCUT2D eigenvalue weighted by Gasteiger charge is 2.24. The summed E-state index contributed by atoms with van der Waals surface area (Å²) in [6.45, 7) is 0.565. The Morgan fingerprint density at radius 1 is 1.00 bits per heavy atom. The number of nitrogens with one attached hydrogen (secondary N) is 1. The smallest absolute Gasteiger partial charge is 0.128 e. The summed E-state index contributed by atoms with van der Waals surface area (Å²) in [6.07, 6.45) is 3.81. The molecule has 2 heterocycles. The summed E-state index contributed by atoms with van der Waals surface area (Å²) in [4.78, 5) is 7.71. The molecule has 0 saturated heterocycles. The Kier molecular flexibility index (Phi) is 2.44. The molecule has 0 fully saturated rings. The fourth-order valence-electron chi connectivity index (χ4n) is 3.49. The van der Waals surface area contributed by atoms with Crippen molar-refractivity contribution in [2.24, 2.45) is 0 Å². The molecular weight excluding hydrogens is 296 g/mol. The van der Waals surface area contributed by atoms with Gasteiger partial charge in [0.15, 0.2) is 0 Å². The van der Waals surface area contributed by atoms with Crippen LogP contribution in [-0.4, -0.2) is 9.97 Å². The van der Waals surface area contributed by atoms with Crippen molar-refractivity contribution in [2.45, 2.75) is 19.4 Å². The highest BCUT2D eigenvalue weighted by molar-refractivity contribution is 6.30. The standard InChI is InChI=1S/C18H13ClN2O/c19-12-2-3-13-11(5-12)8-22-17-7-14-10(6-15(13)17)1-4-16-18(14)21-9-20-16/h2-3,5-7,9H,1,4,8H2,(H,20,21). The van der Waals surface area contributed by atoms with Crippen LogP contribution in [0.4, 0.5) is 0 Å². The quantitative estimate of drug-likeness (QED) is 0.669. The molecule has 0 unspecified atom stereocenters. The van der Waals surface area contributed by atoms with Gasteiger partial charge in [-0.2, -0.15) is 0 Å². The summed E-state index contributed by atoms with van der Waals surface area (Å²) in [5, 5.41) is 0.755. The number of halogens is 1. The maximum absolute atomic E-state index is 6.10. The van der Waals surface area contributed by atoms with Crippen LogP contribution >= 0.6 is 11.6 Å². The molecule has 0 bridgehead atoms. The van der Waals surface area contributed by atoms with E-state index in [-0.39, 0.29) is 0 Å². The van der Waals surface area contributed by atoms with Crippen molar-refractivity contribution in [2.75, 3.05) is 0 Å². The summed E-state index contributed by atoms with van der Waals surface area (Å²) >= 11 is 6.10. The third kappa shape index (κ3) is 1.66. The highest BCUT2D eigenvalue weighted by Crippen LogP contribution is 2.43. The number of nitrogens with zero attached hydrogens (tertiary/aromatic N) is 1. The van der Waals surface area contributed by atoms with Crippen LogP contribution in [0.15, 0.2) is 36.7 Å². The monoisotopic (exact) mass is 308 g/mol. The Morgan fingerprint density at radius 2 is 1.95 bits per heavy atom. The van der Waals surface area contributed by atoms with Gasteiger partial charge in [-0.3, -0.25) is 0 Å². The number of fused-ring (bicyclic) bond motifs is 6. The summed E-state index contributed by atoms with van der Waals surface area (Å²) in [5.74, 6) is 0.935. The first kappa shape index (κ1) is 12.3. The van der Waals surface area contributed by atoms with Crippen LogP contribution in [0.1, 0.15) is 16.8 Å². The number of aromatic nitrogens is 2. The Balaban J connectivity index is 1.74. The van der Waals surface area contributed by atoms with E-state index in [1.54, 1.807) is 6.33 Å². The average Bonchev–Trinajstić information content (AvgIpc) is 3.01. The summed E-state index contributed by atoms with van der Waals surface area (Å²) < 4.78 is 5.97. The molecule has 2 aromatic carbocycles. The second kappa shape index (κ2) is 4.37. The predicted octanol–water partition coefficient (Wildman–Crippen LogP) is 4.39. The minimum absolute atomic E-state index is 0.565.